The Balaban J connectivity index is 1.70. The number of amides is 1. The van der Waals surface area contributed by atoms with Gasteiger partial charge < -0.3 is 9.88 Å². The van der Waals surface area contributed by atoms with E-state index in [0.717, 1.165) is 17.1 Å². The van der Waals surface area contributed by atoms with Crippen LogP contribution >= 0.6 is 23.4 Å². The molecule has 0 unspecified atom stereocenters. The van der Waals surface area contributed by atoms with Gasteiger partial charge in [0.15, 0.2) is 11.0 Å². The molecular weight excluding hydrogens is 356 g/mol. The molecule has 0 spiro atoms. The number of nitrogens with zero attached hydrogens (tertiary/aromatic N) is 3. The Hall–Kier alpha value is -2.31. The quantitative estimate of drug-likeness (QED) is 0.680. The predicted octanol–water partition coefficient (Wildman–Crippen LogP) is 4.25. The molecule has 7 heteroatoms. The van der Waals surface area contributed by atoms with E-state index in [2.05, 4.69) is 15.5 Å². The van der Waals surface area contributed by atoms with Crippen molar-refractivity contribution in [3.8, 4) is 11.4 Å². The van der Waals surface area contributed by atoms with Gasteiger partial charge in [0.05, 0.1) is 5.25 Å². The Morgan fingerprint density at radius 3 is 2.48 bits per heavy atom. The van der Waals surface area contributed by atoms with Crippen molar-refractivity contribution in [2.24, 2.45) is 7.05 Å². The summed E-state index contributed by atoms with van der Waals surface area (Å²) in [6.07, 6.45) is 0. The molecule has 1 amide bonds. The summed E-state index contributed by atoms with van der Waals surface area (Å²) in [5, 5.41) is 12.4. The van der Waals surface area contributed by atoms with Crippen molar-refractivity contribution in [2.75, 3.05) is 5.32 Å². The van der Waals surface area contributed by atoms with Gasteiger partial charge in [-0.2, -0.15) is 0 Å². The largest absolute Gasteiger partial charge is 0.325 e. The number of benzene rings is 2. The summed E-state index contributed by atoms with van der Waals surface area (Å²) in [5.74, 6) is 0.655. The number of rotatable bonds is 5. The lowest BCUT2D eigenvalue weighted by molar-refractivity contribution is -0.115. The lowest BCUT2D eigenvalue weighted by Gasteiger charge is -2.11. The van der Waals surface area contributed by atoms with Crippen LogP contribution in [-0.2, 0) is 11.8 Å². The molecular formula is C18H17ClN4OS. The summed E-state index contributed by atoms with van der Waals surface area (Å²) in [6.45, 7) is 1.85. The molecule has 3 aromatic rings. The monoisotopic (exact) mass is 372 g/mol. The number of carbonyl (C=O) groups is 1. The van der Waals surface area contributed by atoms with Gasteiger partial charge in [0.2, 0.25) is 5.91 Å². The smallest absolute Gasteiger partial charge is 0.237 e. The highest BCUT2D eigenvalue weighted by atomic mass is 35.5. The second-order valence-electron chi connectivity index (χ2n) is 5.49. The number of nitrogens with one attached hydrogen (secondary N) is 1. The highest BCUT2D eigenvalue weighted by molar-refractivity contribution is 8.00. The van der Waals surface area contributed by atoms with Gasteiger partial charge in [-0.05, 0) is 43.3 Å². The summed E-state index contributed by atoms with van der Waals surface area (Å²) in [4.78, 5) is 12.3. The maximum absolute atomic E-state index is 12.3. The molecule has 1 heterocycles. The first kappa shape index (κ1) is 17.5. The number of para-hydroxylation sites is 1. The van der Waals surface area contributed by atoms with Crippen LogP contribution in [0.3, 0.4) is 0 Å². The number of halogens is 1. The fraction of sp³-hybridized carbons (Fsp3) is 0.167. The average molecular weight is 373 g/mol. The lowest BCUT2D eigenvalue weighted by Crippen LogP contribution is -2.22. The van der Waals surface area contributed by atoms with Crippen LogP contribution in [-0.4, -0.2) is 25.9 Å². The molecule has 0 aliphatic heterocycles. The minimum absolute atomic E-state index is 0.0766. The molecule has 1 atom stereocenters. The first-order chi connectivity index (χ1) is 12.0. The van der Waals surface area contributed by atoms with Crippen LogP contribution < -0.4 is 5.32 Å². The van der Waals surface area contributed by atoms with Gasteiger partial charge in [-0.25, -0.2) is 0 Å². The van der Waals surface area contributed by atoms with Crippen LogP contribution in [0.1, 0.15) is 6.92 Å². The van der Waals surface area contributed by atoms with Gasteiger partial charge in [0.25, 0.3) is 0 Å². The average Bonchev–Trinajstić information content (AvgIpc) is 2.97. The van der Waals surface area contributed by atoms with Crippen LogP contribution in [0.15, 0.2) is 59.8 Å². The summed E-state index contributed by atoms with van der Waals surface area (Å²) in [6, 6.07) is 16.8. The minimum atomic E-state index is -0.304. The molecule has 0 aliphatic rings. The molecule has 1 aromatic heterocycles. The Labute approximate surface area is 155 Å². The number of aromatic nitrogens is 3. The number of hydrogen-bond donors (Lipinski definition) is 1. The Bertz CT molecular complexity index is 865. The summed E-state index contributed by atoms with van der Waals surface area (Å²) in [7, 11) is 1.88. The predicted molar refractivity (Wildman–Crippen MR) is 102 cm³/mol. The number of anilines is 1. The van der Waals surface area contributed by atoms with Crippen molar-refractivity contribution < 1.29 is 4.79 Å². The van der Waals surface area contributed by atoms with Crippen molar-refractivity contribution in [3.63, 3.8) is 0 Å². The van der Waals surface area contributed by atoms with Crippen LogP contribution in [0, 0.1) is 0 Å². The molecule has 2 aromatic carbocycles. The van der Waals surface area contributed by atoms with Gasteiger partial charge in [-0.15, -0.1) is 10.2 Å². The van der Waals surface area contributed by atoms with E-state index in [-0.39, 0.29) is 11.2 Å². The SMILES string of the molecule is C[C@@H](Sc1nnc(-c2ccc(Cl)cc2)n1C)C(=O)Nc1ccccc1. The van der Waals surface area contributed by atoms with Gasteiger partial charge in [0, 0.05) is 23.3 Å². The molecule has 0 saturated heterocycles. The molecule has 25 heavy (non-hydrogen) atoms. The summed E-state index contributed by atoms with van der Waals surface area (Å²) < 4.78 is 1.88. The van der Waals surface area contributed by atoms with Crippen molar-refractivity contribution in [1.82, 2.24) is 14.8 Å². The lowest BCUT2D eigenvalue weighted by atomic mass is 10.2. The van der Waals surface area contributed by atoms with Crippen LogP contribution in [0.4, 0.5) is 5.69 Å². The van der Waals surface area contributed by atoms with E-state index in [9.17, 15) is 4.79 Å². The highest BCUT2D eigenvalue weighted by Gasteiger charge is 2.19. The first-order valence-corrected chi connectivity index (χ1v) is 8.98. The van der Waals surface area contributed by atoms with E-state index >= 15 is 0 Å². The summed E-state index contributed by atoms with van der Waals surface area (Å²) >= 11 is 7.29. The maximum atomic E-state index is 12.3. The van der Waals surface area contributed by atoms with Crippen LogP contribution in [0.5, 0.6) is 0 Å². The van der Waals surface area contributed by atoms with E-state index in [1.165, 1.54) is 11.8 Å². The molecule has 0 bridgehead atoms. The van der Waals surface area contributed by atoms with E-state index in [1.807, 2.05) is 73.1 Å². The van der Waals surface area contributed by atoms with E-state index in [1.54, 1.807) is 0 Å². The normalized spacial score (nSPS) is 12.0. The van der Waals surface area contributed by atoms with Crippen molar-refractivity contribution in [1.29, 1.82) is 0 Å². The third-order valence-electron chi connectivity index (χ3n) is 3.63. The minimum Gasteiger partial charge on any atom is -0.325 e. The number of thioether (sulfide) groups is 1. The third-order valence-corrected chi connectivity index (χ3v) is 5.02. The van der Waals surface area contributed by atoms with Crippen molar-refractivity contribution in [2.45, 2.75) is 17.3 Å². The topological polar surface area (TPSA) is 59.8 Å². The first-order valence-electron chi connectivity index (χ1n) is 7.72. The second kappa shape index (κ2) is 7.72. The van der Waals surface area contributed by atoms with E-state index in [0.29, 0.717) is 10.2 Å². The van der Waals surface area contributed by atoms with Crippen LogP contribution in [0.25, 0.3) is 11.4 Å². The Morgan fingerprint density at radius 2 is 1.80 bits per heavy atom. The number of hydrogen-bond acceptors (Lipinski definition) is 4. The highest BCUT2D eigenvalue weighted by Crippen LogP contribution is 2.26. The second-order valence-corrected chi connectivity index (χ2v) is 7.23. The van der Waals surface area contributed by atoms with Gasteiger partial charge in [-0.1, -0.05) is 41.6 Å². The zero-order chi connectivity index (χ0) is 17.8. The van der Waals surface area contributed by atoms with Crippen LogP contribution in [0.2, 0.25) is 5.02 Å². The molecule has 128 valence electrons. The van der Waals surface area contributed by atoms with E-state index in [4.69, 9.17) is 11.6 Å². The van der Waals surface area contributed by atoms with Crippen molar-refractivity contribution in [3.05, 3.63) is 59.6 Å². The Kier molecular flexibility index (Phi) is 5.40. The molecule has 5 nitrogen and oxygen atoms in total. The van der Waals surface area contributed by atoms with Crippen molar-refractivity contribution >= 4 is 35.0 Å². The number of carbonyl (C=O) groups excluding carboxylic acids is 1. The summed E-state index contributed by atoms with van der Waals surface area (Å²) in [5.41, 5.74) is 1.70. The van der Waals surface area contributed by atoms with Gasteiger partial charge in [0.1, 0.15) is 0 Å². The molecule has 3 rings (SSSR count). The molecule has 0 aliphatic carbocycles. The maximum Gasteiger partial charge on any atom is 0.237 e. The zero-order valence-electron chi connectivity index (χ0n) is 13.8. The zero-order valence-corrected chi connectivity index (χ0v) is 15.4. The fourth-order valence-electron chi connectivity index (χ4n) is 2.24. The third kappa shape index (κ3) is 4.21. The fourth-order valence-corrected chi connectivity index (χ4v) is 3.19. The standard InChI is InChI=1S/C18H17ClN4OS/c1-12(17(24)20-15-6-4-3-5-7-15)25-18-22-21-16(23(18)2)13-8-10-14(19)11-9-13/h3-12H,1-2H3,(H,20,24)/t12-/m1/s1. The molecule has 0 radical (unpaired) electrons. The molecule has 0 fully saturated rings. The van der Waals surface area contributed by atoms with Gasteiger partial charge >= 0.3 is 0 Å². The van der Waals surface area contributed by atoms with E-state index < -0.39 is 0 Å². The Morgan fingerprint density at radius 1 is 1.12 bits per heavy atom. The molecule has 1 N–H and O–H groups in total. The van der Waals surface area contributed by atoms with Gasteiger partial charge in [-0.3, -0.25) is 4.79 Å². The molecule has 0 saturated carbocycles.